The Balaban J connectivity index is 0.998. The fourth-order valence-electron chi connectivity index (χ4n) is 16.7. The van der Waals surface area contributed by atoms with Crippen LogP contribution < -0.4 is 9.13 Å². The molecule has 0 unspecified atom stereocenters. The molecule has 0 saturated carbocycles. The second-order valence-corrected chi connectivity index (χ2v) is 33.2. The number of nitrogens with one attached hydrogen (secondary N) is 2. The van der Waals surface area contributed by atoms with Crippen LogP contribution in [0, 0.1) is 6.57 Å². The summed E-state index contributed by atoms with van der Waals surface area (Å²) in [5, 5.41) is 4.62. The highest BCUT2D eigenvalue weighted by Gasteiger charge is 2.34. The van der Waals surface area contributed by atoms with Gasteiger partial charge in [-0.25, -0.2) is 14.8 Å². The van der Waals surface area contributed by atoms with Gasteiger partial charge in [0, 0.05) is 32.8 Å². The van der Waals surface area contributed by atoms with Gasteiger partial charge >= 0.3 is 11.6 Å². The molecule has 0 spiro atoms. The van der Waals surface area contributed by atoms with Gasteiger partial charge in [0.25, 0.3) is 0 Å². The smallest absolute Gasteiger partial charge is 0.318 e. The van der Waals surface area contributed by atoms with Crippen LogP contribution in [0.15, 0.2) is 273 Å². The van der Waals surface area contributed by atoms with Crippen molar-refractivity contribution >= 4 is 105 Å². The van der Waals surface area contributed by atoms with Crippen LogP contribution in [0.3, 0.4) is 0 Å². The molecule has 106 heavy (non-hydrogen) atoms. The first-order valence-electron chi connectivity index (χ1n) is 37.1. The summed E-state index contributed by atoms with van der Waals surface area (Å²) in [6.45, 7) is 38.0. The third kappa shape index (κ3) is 10.0. The molecular formula is C97H83N9+2. The van der Waals surface area contributed by atoms with Crippen LogP contribution in [-0.2, 0) is 21.7 Å². The number of H-pyrrole nitrogens is 2. The molecule has 0 aliphatic heterocycles. The quantitative estimate of drug-likeness (QED) is 0.113. The highest BCUT2D eigenvalue weighted by Crippen LogP contribution is 2.52. The molecule has 19 rings (SSSR count). The van der Waals surface area contributed by atoms with Crippen LogP contribution in [0.1, 0.15) is 105 Å². The van der Waals surface area contributed by atoms with E-state index in [1.54, 1.807) is 0 Å². The summed E-state index contributed by atoms with van der Waals surface area (Å²) in [6.07, 6.45) is 0. The number of fused-ring (bicyclic) bond motifs is 16. The molecule has 0 radical (unpaired) electrons. The molecule has 19 aromatic rings. The normalized spacial score (nSPS) is 12.7. The molecule has 6 aromatic heterocycles. The SMILES string of the molecule is [C-]#[N+]c1c(-c2ccc3[nH]c4n(c3c2)c2cc(-c3ccccc3)ccc2[n+]4-c2ccccc2)c(-n2c3ccc(C(C)(C)C)cc3c3cc(C(C)(C)C)ccc32)cc(-c2ccc3[nH]c4n(c3c2)c2cc(-c3ccccc3)ccc2[n+]4-c2ccccc2)c1-n1c2ccc(C(C)(C)C)cc2c2cc(C(C)(C)C)ccc21. The Morgan fingerprint density at radius 1 is 0.311 bits per heavy atom. The Hall–Kier alpha value is -12.5. The predicted octanol–water partition coefficient (Wildman–Crippen LogP) is 24.6. The van der Waals surface area contributed by atoms with Gasteiger partial charge < -0.3 is 9.13 Å². The maximum atomic E-state index is 10.4. The van der Waals surface area contributed by atoms with E-state index in [1.807, 2.05) is 0 Å². The summed E-state index contributed by atoms with van der Waals surface area (Å²) < 4.78 is 14.5. The number of imidazole rings is 4. The van der Waals surface area contributed by atoms with Crippen molar-refractivity contribution in [3.8, 4) is 67.3 Å². The van der Waals surface area contributed by atoms with Gasteiger partial charge in [-0.05, 0) is 210 Å². The monoisotopic (exact) mass is 1370 g/mol. The number of aromatic amines is 2. The minimum Gasteiger partial charge on any atom is -0.318 e. The molecule has 0 bridgehead atoms. The van der Waals surface area contributed by atoms with E-state index in [9.17, 15) is 6.57 Å². The van der Waals surface area contributed by atoms with E-state index < -0.39 is 0 Å². The molecule has 13 aromatic carbocycles. The standard InChI is InChI=1S/C97H81N9/c1-94(2,3)65-38-46-78-72(54-65)73-55-66(95(4,5)6)39-47-79(73)103(78)88-58-71(63-34-42-76-84(52-63)105-86-50-61(59-26-18-14-19-27-59)36-44-82(86)101(92(105)99-76)69-30-22-16-23-31-69)91(104-80-48-40-67(96(7,8)9)56-74(80)75-57-68(97(10,11)12)41-49-81(75)104)90(98-13)89(88)64-35-43-77-85(53-64)106-87-51-62(60-28-20-15-21-29-60)37-45-83(87)102(93(106)100-77)70-32-24-17-25-33-70/h14-58H,1-12H3/p+2. The first kappa shape index (κ1) is 64.3. The second-order valence-electron chi connectivity index (χ2n) is 33.2. The van der Waals surface area contributed by atoms with Crippen molar-refractivity contribution in [2.75, 3.05) is 0 Å². The maximum Gasteiger partial charge on any atom is 0.373 e. The number of rotatable bonds is 8. The van der Waals surface area contributed by atoms with Gasteiger partial charge in [-0.2, -0.15) is 17.9 Å². The number of benzene rings is 13. The van der Waals surface area contributed by atoms with Gasteiger partial charge in [-0.15, -0.1) is 0 Å². The first-order chi connectivity index (χ1) is 51.0. The summed E-state index contributed by atoms with van der Waals surface area (Å²) in [4.78, 5) is 13.1. The van der Waals surface area contributed by atoms with Gasteiger partial charge in [-0.3, -0.25) is 0 Å². The third-order valence-corrected chi connectivity index (χ3v) is 22.4. The van der Waals surface area contributed by atoms with Crippen LogP contribution in [0.5, 0.6) is 0 Å². The molecule has 0 saturated heterocycles. The molecule has 0 aliphatic carbocycles. The van der Waals surface area contributed by atoms with Crippen molar-refractivity contribution in [1.29, 1.82) is 0 Å². The maximum absolute atomic E-state index is 10.4. The zero-order valence-electron chi connectivity index (χ0n) is 62.1. The van der Waals surface area contributed by atoms with Gasteiger partial charge in [0.15, 0.2) is 0 Å². The largest absolute Gasteiger partial charge is 0.373 e. The lowest BCUT2D eigenvalue weighted by Gasteiger charge is -2.24. The van der Waals surface area contributed by atoms with Crippen LogP contribution in [0.4, 0.5) is 5.69 Å². The van der Waals surface area contributed by atoms with Crippen LogP contribution in [-0.4, -0.2) is 27.9 Å². The predicted molar refractivity (Wildman–Crippen MR) is 442 cm³/mol. The van der Waals surface area contributed by atoms with Gasteiger partial charge in [0.05, 0.1) is 34.3 Å². The van der Waals surface area contributed by atoms with Crippen molar-refractivity contribution in [2.45, 2.75) is 105 Å². The van der Waals surface area contributed by atoms with Crippen LogP contribution >= 0.6 is 0 Å². The van der Waals surface area contributed by atoms with E-state index in [-0.39, 0.29) is 21.7 Å². The number of hydrogen-bond donors (Lipinski definition) is 2. The van der Waals surface area contributed by atoms with E-state index in [0.717, 1.165) is 156 Å². The molecule has 0 atom stereocenters. The van der Waals surface area contributed by atoms with E-state index >= 15 is 0 Å². The fourth-order valence-corrected chi connectivity index (χ4v) is 16.7. The molecule has 0 aliphatic rings. The molecule has 0 amide bonds. The minimum atomic E-state index is -0.146. The molecule has 9 nitrogen and oxygen atoms in total. The molecule has 514 valence electrons. The lowest BCUT2D eigenvalue weighted by Crippen LogP contribution is -2.30. The third-order valence-electron chi connectivity index (χ3n) is 22.4. The highest BCUT2D eigenvalue weighted by atomic mass is 15.2. The van der Waals surface area contributed by atoms with Crippen molar-refractivity contribution in [3.05, 3.63) is 307 Å². The van der Waals surface area contributed by atoms with Crippen LogP contribution in [0.2, 0.25) is 0 Å². The number of nitrogens with zero attached hydrogens (tertiary/aromatic N) is 7. The summed E-state index contributed by atoms with van der Waals surface area (Å²) in [6, 6.07) is 101. The van der Waals surface area contributed by atoms with Crippen molar-refractivity contribution in [1.82, 2.24) is 27.9 Å². The first-order valence-corrected chi connectivity index (χ1v) is 37.1. The zero-order valence-corrected chi connectivity index (χ0v) is 62.1. The average Bonchev–Trinajstić information content (AvgIpc) is 1.52. The molecule has 9 heteroatoms. The van der Waals surface area contributed by atoms with Gasteiger partial charge in [-0.1, -0.05) is 229 Å². The van der Waals surface area contributed by atoms with E-state index in [1.165, 1.54) is 33.0 Å². The summed E-state index contributed by atoms with van der Waals surface area (Å²) in [7, 11) is 0. The zero-order chi connectivity index (χ0) is 72.6. The highest BCUT2D eigenvalue weighted by molar-refractivity contribution is 6.15. The average molecular weight is 1370 g/mol. The second kappa shape index (κ2) is 23.2. The number of aromatic nitrogens is 8. The molecule has 0 fully saturated rings. The van der Waals surface area contributed by atoms with E-state index in [4.69, 9.17) is 4.85 Å². The number of hydrogen-bond acceptors (Lipinski definition) is 0. The Morgan fingerprint density at radius 3 is 1.05 bits per heavy atom. The van der Waals surface area contributed by atoms with E-state index in [0.29, 0.717) is 5.69 Å². The molecule has 6 heterocycles. The minimum absolute atomic E-state index is 0.137. The number of para-hydroxylation sites is 2. The van der Waals surface area contributed by atoms with Crippen LogP contribution in [0.25, 0.3) is 171 Å². The van der Waals surface area contributed by atoms with Gasteiger partial charge in [0.1, 0.15) is 55.5 Å². The summed E-state index contributed by atoms with van der Waals surface area (Å²) >= 11 is 0. The summed E-state index contributed by atoms with van der Waals surface area (Å²) in [5.74, 6) is 1.87. The van der Waals surface area contributed by atoms with Crippen molar-refractivity contribution in [3.63, 3.8) is 0 Å². The molecular weight excluding hydrogens is 1290 g/mol. The Labute approximate surface area is 617 Å². The van der Waals surface area contributed by atoms with Gasteiger partial charge in [0.2, 0.25) is 5.69 Å². The fraction of sp³-hybridized carbons (Fsp3) is 0.165. The Kier molecular flexibility index (Phi) is 14.1. The van der Waals surface area contributed by atoms with E-state index in [2.05, 4.69) is 393 Å². The lowest BCUT2D eigenvalue weighted by molar-refractivity contribution is -0.541. The summed E-state index contributed by atoms with van der Waals surface area (Å²) in [5.41, 5.74) is 29.4. The Bertz CT molecular complexity index is 6750. The Morgan fingerprint density at radius 2 is 0.660 bits per heavy atom. The topological polar surface area (TPSA) is 62.4 Å². The lowest BCUT2D eigenvalue weighted by atomic mass is 9.85. The van der Waals surface area contributed by atoms with Crippen molar-refractivity contribution in [2.24, 2.45) is 0 Å². The van der Waals surface area contributed by atoms with Crippen molar-refractivity contribution < 1.29 is 9.13 Å². The molecule has 2 N–H and O–H groups in total.